The van der Waals surface area contributed by atoms with Gasteiger partial charge in [0.1, 0.15) is 0 Å². The maximum Gasteiger partial charge on any atom is 0.220 e. The third-order valence-corrected chi connectivity index (χ3v) is 10.3. The van der Waals surface area contributed by atoms with E-state index in [9.17, 15) is 0 Å². The summed E-state index contributed by atoms with van der Waals surface area (Å²) in [6.45, 7) is 14.5. The Bertz CT molecular complexity index is 400. The van der Waals surface area contributed by atoms with Crippen molar-refractivity contribution in [3.8, 4) is 0 Å². The van der Waals surface area contributed by atoms with E-state index in [1.165, 1.54) is 0 Å². The van der Waals surface area contributed by atoms with Gasteiger partial charge in [0.2, 0.25) is 5.95 Å². The smallest absolute Gasteiger partial charge is 0.220 e. The van der Waals surface area contributed by atoms with E-state index < -0.39 is 8.32 Å². The van der Waals surface area contributed by atoms with E-state index in [1.807, 2.05) is 6.07 Å². The molecule has 0 radical (unpaired) electrons. The van der Waals surface area contributed by atoms with Gasteiger partial charge in [-0.25, -0.2) is 9.97 Å². The molecule has 0 aliphatic rings. The molecule has 0 atom stereocenters. The van der Waals surface area contributed by atoms with Crippen LogP contribution in [-0.4, -0.2) is 24.9 Å². The van der Waals surface area contributed by atoms with E-state index in [0.717, 1.165) is 18.7 Å². The van der Waals surface area contributed by atoms with Crippen molar-refractivity contribution in [2.45, 2.75) is 64.6 Å². The van der Waals surface area contributed by atoms with Crippen LogP contribution in [0, 0.1) is 0 Å². The fourth-order valence-electron chi connectivity index (χ4n) is 3.38. The van der Waals surface area contributed by atoms with Crippen LogP contribution in [0.15, 0.2) is 12.3 Å². The first kappa shape index (κ1) is 17.1. The van der Waals surface area contributed by atoms with Crippen LogP contribution in [-0.2, 0) is 10.8 Å². The second-order valence-electron chi connectivity index (χ2n) is 6.32. The summed E-state index contributed by atoms with van der Waals surface area (Å²) in [7, 11) is -1.77. The highest BCUT2D eigenvalue weighted by Crippen LogP contribution is 2.42. The number of anilines is 1. The molecule has 114 valence electrons. The predicted octanol–water partition coefficient (Wildman–Crippen LogP) is 3.79. The van der Waals surface area contributed by atoms with Crippen molar-refractivity contribution in [2.24, 2.45) is 0 Å². The van der Waals surface area contributed by atoms with Gasteiger partial charge < -0.3 is 10.2 Å². The fraction of sp³-hybridized carbons (Fsp3) is 0.733. The molecule has 1 heterocycles. The minimum atomic E-state index is -1.77. The standard InChI is InChI=1S/C15H29N3OSi/c1-11(2)20(12(3)4,13(5)6)19-10-8-14-7-9-17-15(16)18-14/h7,9,11-13H,8,10H2,1-6H3,(H2,16,17,18). The summed E-state index contributed by atoms with van der Waals surface area (Å²) in [5, 5.41) is 0. The van der Waals surface area contributed by atoms with E-state index in [0.29, 0.717) is 22.6 Å². The molecule has 0 amide bonds. The highest BCUT2D eigenvalue weighted by Gasteiger charge is 2.44. The van der Waals surface area contributed by atoms with Gasteiger partial charge in [-0.05, 0) is 22.7 Å². The van der Waals surface area contributed by atoms with E-state index in [-0.39, 0.29) is 0 Å². The van der Waals surface area contributed by atoms with Crippen LogP contribution >= 0.6 is 0 Å². The number of rotatable bonds is 7. The minimum Gasteiger partial charge on any atom is -0.416 e. The Labute approximate surface area is 124 Å². The van der Waals surface area contributed by atoms with Gasteiger partial charge in [-0.1, -0.05) is 41.5 Å². The van der Waals surface area contributed by atoms with Crippen LogP contribution in [0.1, 0.15) is 47.2 Å². The molecule has 20 heavy (non-hydrogen) atoms. The normalized spacial score (nSPS) is 12.7. The van der Waals surface area contributed by atoms with Gasteiger partial charge in [0.25, 0.3) is 0 Å². The maximum atomic E-state index is 6.50. The molecule has 0 fully saturated rings. The molecule has 4 nitrogen and oxygen atoms in total. The summed E-state index contributed by atoms with van der Waals surface area (Å²) in [5.41, 5.74) is 8.39. The molecule has 0 spiro atoms. The summed E-state index contributed by atoms with van der Waals surface area (Å²) >= 11 is 0. The zero-order chi connectivity index (χ0) is 15.3. The molecule has 1 rings (SSSR count). The van der Waals surface area contributed by atoms with Crippen LogP contribution < -0.4 is 5.73 Å². The number of nitrogens with zero attached hydrogens (tertiary/aromatic N) is 2. The van der Waals surface area contributed by atoms with Crippen molar-refractivity contribution in [3.05, 3.63) is 18.0 Å². The zero-order valence-electron chi connectivity index (χ0n) is 13.7. The minimum absolute atomic E-state index is 0.336. The molecule has 0 unspecified atom stereocenters. The number of hydrogen-bond donors (Lipinski definition) is 1. The molecule has 5 heteroatoms. The Hall–Kier alpha value is -0.943. The fourth-order valence-corrected chi connectivity index (χ4v) is 8.84. The van der Waals surface area contributed by atoms with Crippen LogP contribution in [0.5, 0.6) is 0 Å². The van der Waals surface area contributed by atoms with Crippen LogP contribution in [0.3, 0.4) is 0 Å². The summed E-state index contributed by atoms with van der Waals surface area (Å²) in [4.78, 5) is 8.15. The average Bonchev–Trinajstić information content (AvgIpc) is 2.33. The lowest BCUT2D eigenvalue weighted by atomic mass is 10.3. The molecular formula is C15H29N3OSi. The van der Waals surface area contributed by atoms with E-state index in [2.05, 4.69) is 51.5 Å². The number of nitrogens with two attached hydrogens (primary N) is 1. The molecule has 1 aromatic rings. The molecule has 0 saturated heterocycles. The van der Waals surface area contributed by atoms with Crippen molar-refractivity contribution >= 4 is 14.3 Å². The van der Waals surface area contributed by atoms with Gasteiger partial charge in [-0.3, -0.25) is 0 Å². The molecule has 0 saturated carbocycles. The first-order valence-electron chi connectivity index (χ1n) is 7.52. The van der Waals surface area contributed by atoms with Crippen LogP contribution in [0.2, 0.25) is 16.6 Å². The van der Waals surface area contributed by atoms with Crippen LogP contribution in [0.4, 0.5) is 5.95 Å². The molecule has 0 bridgehead atoms. The lowest BCUT2D eigenvalue weighted by molar-refractivity contribution is 0.280. The Morgan fingerprint density at radius 2 is 1.65 bits per heavy atom. The van der Waals surface area contributed by atoms with Gasteiger partial charge in [-0.2, -0.15) is 0 Å². The average molecular weight is 296 g/mol. The zero-order valence-corrected chi connectivity index (χ0v) is 14.7. The highest BCUT2D eigenvalue weighted by molar-refractivity contribution is 6.77. The molecular weight excluding hydrogens is 266 g/mol. The van der Waals surface area contributed by atoms with Gasteiger partial charge in [0, 0.05) is 24.9 Å². The monoisotopic (exact) mass is 295 g/mol. The predicted molar refractivity (Wildman–Crippen MR) is 87.1 cm³/mol. The van der Waals surface area contributed by atoms with Gasteiger partial charge in [-0.15, -0.1) is 0 Å². The SMILES string of the molecule is CC(C)[Si](OCCc1ccnc(N)n1)(C(C)C)C(C)C. The van der Waals surface area contributed by atoms with Crippen molar-refractivity contribution in [1.29, 1.82) is 0 Å². The number of hydrogen-bond acceptors (Lipinski definition) is 4. The van der Waals surface area contributed by atoms with Crippen molar-refractivity contribution in [3.63, 3.8) is 0 Å². The van der Waals surface area contributed by atoms with E-state index in [4.69, 9.17) is 10.2 Å². The molecule has 2 N–H and O–H groups in total. The van der Waals surface area contributed by atoms with Gasteiger partial charge in [0.15, 0.2) is 8.32 Å². The molecule has 0 aromatic carbocycles. The molecule has 1 aromatic heterocycles. The van der Waals surface area contributed by atoms with Crippen molar-refractivity contribution < 1.29 is 4.43 Å². The Kier molecular flexibility index (Phi) is 6.14. The first-order valence-corrected chi connectivity index (χ1v) is 9.66. The van der Waals surface area contributed by atoms with Crippen LogP contribution in [0.25, 0.3) is 0 Å². The number of nitrogen functional groups attached to an aromatic ring is 1. The van der Waals surface area contributed by atoms with E-state index >= 15 is 0 Å². The Morgan fingerprint density at radius 3 is 2.10 bits per heavy atom. The summed E-state index contributed by atoms with van der Waals surface area (Å²) in [6.07, 6.45) is 2.50. The van der Waals surface area contributed by atoms with Gasteiger partial charge in [0.05, 0.1) is 0 Å². The Morgan fingerprint density at radius 1 is 1.10 bits per heavy atom. The maximum absolute atomic E-state index is 6.50. The second kappa shape index (κ2) is 7.18. The summed E-state index contributed by atoms with van der Waals surface area (Å²) < 4.78 is 6.50. The topological polar surface area (TPSA) is 61.0 Å². The lowest BCUT2D eigenvalue weighted by Gasteiger charge is -2.42. The summed E-state index contributed by atoms with van der Waals surface area (Å²) in [6, 6.07) is 1.91. The quantitative estimate of drug-likeness (QED) is 0.777. The first-order chi connectivity index (χ1) is 9.30. The molecule has 0 aliphatic carbocycles. The summed E-state index contributed by atoms with van der Waals surface area (Å²) in [5.74, 6) is 0.336. The highest BCUT2D eigenvalue weighted by atomic mass is 28.4. The largest absolute Gasteiger partial charge is 0.416 e. The van der Waals surface area contributed by atoms with E-state index in [1.54, 1.807) is 6.20 Å². The van der Waals surface area contributed by atoms with Crippen molar-refractivity contribution in [2.75, 3.05) is 12.3 Å². The number of aromatic nitrogens is 2. The van der Waals surface area contributed by atoms with Crippen molar-refractivity contribution in [1.82, 2.24) is 9.97 Å². The second-order valence-corrected chi connectivity index (χ2v) is 11.8. The van der Waals surface area contributed by atoms with Gasteiger partial charge >= 0.3 is 0 Å². The molecule has 0 aliphatic heterocycles. The Balaban J connectivity index is 2.72. The third kappa shape index (κ3) is 3.79. The lowest BCUT2D eigenvalue weighted by Crippen LogP contribution is -2.48. The third-order valence-electron chi connectivity index (χ3n) is 4.15.